The molecule has 0 aliphatic rings. The maximum atomic E-state index is 11.9. The van der Waals surface area contributed by atoms with Gasteiger partial charge in [-0.15, -0.1) is 0 Å². The summed E-state index contributed by atoms with van der Waals surface area (Å²) in [6.45, 7) is 2.36. The van der Waals surface area contributed by atoms with Crippen LogP contribution >= 0.6 is 0 Å². The van der Waals surface area contributed by atoms with Crippen LogP contribution in [0.1, 0.15) is 12.5 Å². The number of carbonyl (C=O) groups excluding carboxylic acids is 1. The molecule has 0 saturated carbocycles. The molecule has 1 amide bonds. The second-order valence-corrected chi connectivity index (χ2v) is 5.00. The van der Waals surface area contributed by atoms with Crippen molar-refractivity contribution < 1.29 is 9.53 Å². The van der Waals surface area contributed by atoms with Crippen molar-refractivity contribution in [3.63, 3.8) is 0 Å². The van der Waals surface area contributed by atoms with Crippen LogP contribution in [0.25, 0.3) is 16.9 Å². The highest BCUT2D eigenvalue weighted by atomic mass is 16.5. The van der Waals surface area contributed by atoms with Crippen LogP contribution in [0.4, 0.5) is 10.5 Å². The van der Waals surface area contributed by atoms with E-state index in [-0.39, 0.29) is 0 Å². The van der Waals surface area contributed by atoms with Crippen molar-refractivity contribution in [1.29, 1.82) is 5.26 Å². The van der Waals surface area contributed by atoms with Crippen LogP contribution in [0, 0.1) is 11.3 Å². The Morgan fingerprint density at radius 3 is 2.96 bits per heavy atom. The van der Waals surface area contributed by atoms with Gasteiger partial charge in [-0.25, -0.2) is 14.3 Å². The van der Waals surface area contributed by atoms with Gasteiger partial charge in [0.05, 0.1) is 19.0 Å². The molecule has 0 fully saturated rings. The first-order valence-electron chi connectivity index (χ1n) is 7.38. The molecule has 0 unspecified atom stereocenters. The SMILES string of the molecule is CCN(C(=O)OC)c1cccc(-c2ccnc3c(C#N)cnn23)c1. The predicted octanol–water partition coefficient (Wildman–Crippen LogP) is 2.86. The molecule has 3 aromatic rings. The van der Waals surface area contributed by atoms with Crippen molar-refractivity contribution in [2.24, 2.45) is 0 Å². The largest absolute Gasteiger partial charge is 0.452 e. The van der Waals surface area contributed by atoms with E-state index in [2.05, 4.69) is 16.2 Å². The van der Waals surface area contributed by atoms with Crippen LogP contribution in [-0.2, 0) is 4.74 Å². The molecule has 7 heteroatoms. The molecule has 1 aromatic carbocycles. The van der Waals surface area contributed by atoms with Gasteiger partial charge in [-0.2, -0.15) is 10.4 Å². The van der Waals surface area contributed by atoms with Crippen molar-refractivity contribution >= 4 is 17.4 Å². The minimum Gasteiger partial charge on any atom is -0.452 e. The summed E-state index contributed by atoms with van der Waals surface area (Å²) < 4.78 is 6.43. The maximum absolute atomic E-state index is 11.9. The van der Waals surface area contributed by atoms with Crippen LogP contribution in [0.2, 0.25) is 0 Å². The van der Waals surface area contributed by atoms with Crippen LogP contribution < -0.4 is 4.90 Å². The summed E-state index contributed by atoms with van der Waals surface area (Å²) in [5.74, 6) is 0. The van der Waals surface area contributed by atoms with E-state index in [4.69, 9.17) is 10.00 Å². The van der Waals surface area contributed by atoms with Crippen molar-refractivity contribution in [2.45, 2.75) is 6.92 Å². The lowest BCUT2D eigenvalue weighted by atomic mass is 10.1. The quantitative estimate of drug-likeness (QED) is 0.740. The summed E-state index contributed by atoms with van der Waals surface area (Å²) >= 11 is 0. The number of hydrogen-bond acceptors (Lipinski definition) is 5. The van der Waals surface area contributed by atoms with E-state index in [0.29, 0.717) is 17.8 Å². The van der Waals surface area contributed by atoms with Gasteiger partial charge in [0.1, 0.15) is 11.6 Å². The van der Waals surface area contributed by atoms with Crippen molar-refractivity contribution in [2.75, 3.05) is 18.6 Å². The summed E-state index contributed by atoms with van der Waals surface area (Å²) in [5.41, 5.74) is 3.28. The number of ether oxygens (including phenoxy) is 1. The zero-order chi connectivity index (χ0) is 17.1. The average Bonchev–Trinajstić information content (AvgIpc) is 3.05. The Morgan fingerprint density at radius 2 is 2.25 bits per heavy atom. The minimum absolute atomic E-state index is 0.415. The highest BCUT2D eigenvalue weighted by Crippen LogP contribution is 2.25. The number of carbonyl (C=O) groups is 1. The number of nitriles is 1. The zero-order valence-electron chi connectivity index (χ0n) is 13.3. The molecule has 7 nitrogen and oxygen atoms in total. The maximum Gasteiger partial charge on any atom is 0.413 e. The molecular weight excluding hydrogens is 306 g/mol. The van der Waals surface area contributed by atoms with Gasteiger partial charge in [0, 0.05) is 24.0 Å². The Hall–Kier alpha value is -3.40. The Morgan fingerprint density at radius 1 is 1.42 bits per heavy atom. The molecule has 0 aliphatic carbocycles. The number of hydrogen-bond donors (Lipinski definition) is 0. The molecule has 0 aliphatic heterocycles. The second kappa shape index (κ2) is 6.38. The third-order valence-corrected chi connectivity index (χ3v) is 3.69. The molecule has 0 saturated heterocycles. The zero-order valence-corrected chi connectivity index (χ0v) is 13.3. The summed E-state index contributed by atoms with van der Waals surface area (Å²) in [5, 5.41) is 13.4. The Labute approximate surface area is 138 Å². The van der Waals surface area contributed by atoms with E-state index in [0.717, 1.165) is 16.9 Å². The molecular formula is C17H15N5O2. The van der Waals surface area contributed by atoms with Crippen LogP contribution in [-0.4, -0.2) is 34.3 Å². The first kappa shape index (κ1) is 15.5. The molecule has 24 heavy (non-hydrogen) atoms. The summed E-state index contributed by atoms with van der Waals surface area (Å²) in [4.78, 5) is 17.6. The van der Waals surface area contributed by atoms with Gasteiger partial charge < -0.3 is 4.74 Å². The fraction of sp³-hybridized carbons (Fsp3) is 0.176. The number of rotatable bonds is 3. The van der Waals surface area contributed by atoms with Gasteiger partial charge in [0.2, 0.25) is 0 Å². The Balaban J connectivity index is 2.12. The smallest absolute Gasteiger partial charge is 0.413 e. The molecule has 2 aromatic heterocycles. The normalized spacial score (nSPS) is 10.4. The molecule has 3 rings (SSSR count). The van der Waals surface area contributed by atoms with Crippen molar-refractivity contribution in [3.8, 4) is 17.3 Å². The monoisotopic (exact) mass is 321 g/mol. The van der Waals surface area contributed by atoms with Crippen LogP contribution in [0.15, 0.2) is 42.7 Å². The van der Waals surface area contributed by atoms with E-state index in [1.165, 1.54) is 18.2 Å². The topological polar surface area (TPSA) is 83.5 Å². The van der Waals surface area contributed by atoms with E-state index in [1.54, 1.807) is 10.7 Å². The van der Waals surface area contributed by atoms with Gasteiger partial charge in [-0.05, 0) is 25.1 Å². The van der Waals surface area contributed by atoms with Gasteiger partial charge in [-0.1, -0.05) is 12.1 Å². The standard InChI is InChI=1S/C17H15N5O2/c1-3-21(17(23)24-2)14-6-4-5-12(9-14)15-7-8-19-16-13(10-18)11-20-22(15)16/h4-9,11H,3H2,1-2H3. The third-order valence-electron chi connectivity index (χ3n) is 3.69. The van der Waals surface area contributed by atoms with E-state index < -0.39 is 6.09 Å². The van der Waals surface area contributed by atoms with Crippen LogP contribution in [0.5, 0.6) is 0 Å². The van der Waals surface area contributed by atoms with Gasteiger partial charge in [0.15, 0.2) is 5.65 Å². The summed E-state index contributed by atoms with van der Waals surface area (Å²) in [6, 6.07) is 11.4. The molecule has 0 N–H and O–H groups in total. The first-order chi connectivity index (χ1) is 11.7. The van der Waals surface area contributed by atoms with Crippen molar-refractivity contribution in [1.82, 2.24) is 14.6 Å². The second-order valence-electron chi connectivity index (χ2n) is 5.00. The summed E-state index contributed by atoms with van der Waals surface area (Å²) in [7, 11) is 1.36. The van der Waals surface area contributed by atoms with Crippen LogP contribution in [0.3, 0.4) is 0 Å². The Kier molecular flexibility index (Phi) is 4.12. The van der Waals surface area contributed by atoms with E-state index in [9.17, 15) is 4.79 Å². The molecule has 0 bridgehead atoms. The molecule has 0 radical (unpaired) electrons. The number of fused-ring (bicyclic) bond motifs is 1. The number of aromatic nitrogens is 3. The highest BCUT2D eigenvalue weighted by Gasteiger charge is 2.16. The molecule has 2 heterocycles. The average molecular weight is 321 g/mol. The summed E-state index contributed by atoms with van der Waals surface area (Å²) in [6.07, 6.45) is 2.71. The lowest BCUT2D eigenvalue weighted by molar-refractivity contribution is 0.179. The number of nitrogens with zero attached hydrogens (tertiary/aromatic N) is 5. The van der Waals surface area contributed by atoms with Gasteiger partial charge >= 0.3 is 6.09 Å². The fourth-order valence-electron chi connectivity index (χ4n) is 2.55. The lowest BCUT2D eigenvalue weighted by Crippen LogP contribution is -2.30. The molecule has 0 atom stereocenters. The fourth-order valence-corrected chi connectivity index (χ4v) is 2.55. The Bertz CT molecular complexity index is 942. The predicted molar refractivity (Wildman–Crippen MR) is 88.6 cm³/mol. The van der Waals surface area contributed by atoms with Gasteiger partial charge in [0.25, 0.3) is 0 Å². The van der Waals surface area contributed by atoms with E-state index >= 15 is 0 Å². The number of amides is 1. The van der Waals surface area contributed by atoms with Gasteiger partial charge in [-0.3, -0.25) is 4.90 Å². The minimum atomic E-state index is -0.416. The lowest BCUT2D eigenvalue weighted by Gasteiger charge is -2.20. The number of anilines is 1. The number of benzene rings is 1. The van der Waals surface area contributed by atoms with Crippen molar-refractivity contribution in [3.05, 3.63) is 48.3 Å². The first-order valence-corrected chi connectivity index (χ1v) is 7.38. The number of methoxy groups -OCH3 is 1. The van der Waals surface area contributed by atoms with E-state index in [1.807, 2.05) is 37.3 Å². The highest BCUT2D eigenvalue weighted by molar-refractivity contribution is 5.88. The third kappa shape index (κ3) is 2.54. The molecule has 0 spiro atoms. The molecule has 120 valence electrons.